The van der Waals surface area contributed by atoms with E-state index in [0.29, 0.717) is 5.78 Å². The van der Waals surface area contributed by atoms with Crippen LogP contribution < -0.4 is 5.32 Å². The van der Waals surface area contributed by atoms with Gasteiger partial charge in [-0.05, 0) is 49.1 Å². The van der Waals surface area contributed by atoms with Gasteiger partial charge in [0.25, 0.3) is 0 Å². The van der Waals surface area contributed by atoms with E-state index in [0.717, 1.165) is 46.8 Å². The predicted octanol–water partition coefficient (Wildman–Crippen LogP) is 5.29. The van der Waals surface area contributed by atoms with Gasteiger partial charge in [-0.2, -0.15) is 0 Å². The third-order valence-electron chi connectivity index (χ3n) is 4.96. The lowest BCUT2D eigenvalue weighted by Gasteiger charge is -2.19. The summed E-state index contributed by atoms with van der Waals surface area (Å²) in [5, 5.41) is 3.29. The highest BCUT2D eigenvalue weighted by Gasteiger charge is 2.26. The molecule has 0 amide bonds. The summed E-state index contributed by atoms with van der Waals surface area (Å²) in [6.45, 7) is 0.775. The van der Waals surface area contributed by atoms with Gasteiger partial charge in [-0.1, -0.05) is 19.3 Å². The fourth-order valence-corrected chi connectivity index (χ4v) is 4.99. The van der Waals surface area contributed by atoms with Gasteiger partial charge in [-0.3, -0.25) is 4.79 Å². The SMILES string of the molecule is O=C(c1cc2c(s1)-c1ccc(F)cc1NCC2)C1CCCCC1. The summed E-state index contributed by atoms with van der Waals surface area (Å²) >= 11 is 1.59. The molecule has 0 unspecified atom stereocenters. The molecule has 23 heavy (non-hydrogen) atoms. The fraction of sp³-hybridized carbons (Fsp3) is 0.421. The normalized spacial score (nSPS) is 17.8. The van der Waals surface area contributed by atoms with Crippen molar-refractivity contribution in [1.29, 1.82) is 0 Å². The van der Waals surface area contributed by atoms with Gasteiger partial charge in [0.1, 0.15) is 5.82 Å². The Morgan fingerprint density at radius 3 is 2.83 bits per heavy atom. The number of carbonyl (C=O) groups excluding carboxylic acids is 1. The lowest BCUT2D eigenvalue weighted by Crippen LogP contribution is -2.16. The Morgan fingerprint density at radius 1 is 1.17 bits per heavy atom. The molecule has 2 aliphatic rings. The van der Waals surface area contributed by atoms with Gasteiger partial charge in [0.2, 0.25) is 0 Å². The molecule has 120 valence electrons. The van der Waals surface area contributed by atoms with Crippen molar-refractivity contribution in [2.45, 2.75) is 38.5 Å². The number of nitrogens with one attached hydrogen (secondary N) is 1. The highest BCUT2D eigenvalue weighted by molar-refractivity contribution is 7.17. The van der Waals surface area contributed by atoms with Crippen LogP contribution in [0.2, 0.25) is 0 Å². The largest absolute Gasteiger partial charge is 0.384 e. The quantitative estimate of drug-likeness (QED) is 0.759. The van der Waals surface area contributed by atoms with E-state index in [1.54, 1.807) is 17.4 Å². The second-order valence-electron chi connectivity index (χ2n) is 6.53. The summed E-state index contributed by atoms with van der Waals surface area (Å²) in [5.41, 5.74) is 3.07. The van der Waals surface area contributed by atoms with Crippen molar-refractivity contribution in [3.8, 4) is 10.4 Å². The Kier molecular flexibility index (Phi) is 3.93. The van der Waals surface area contributed by atoms with Crippen molar-refractivity contribution in [2.24, 2.45) is 5.92 Å². The van der Waals surface area contributed by atoms with Gasteiger partial charge in [0, 0.05) is 28.6 Å². The summed E-state index contributed by atoms with van der Waals surface area (Å²) in [4.78, 5) is 14.8. The van der Waals surface area contributed by atoms with E-state index in [1.165, 1.54) is 30.9 Å². The van der Waals surface area contributed by atoms with Crippen molar-refractivity contribution in [3.63, 3.8) is 0 Å². The molecule has 0 saturated heterocycles. The van der Waals surface area contributed by atoms with E-state index < -0.39 is 0 Å². The number of carbonyl (C=O) groups is 1. The molecule has 1 fully saturated rings. The summed E-state index contributed by atoms with van der Waals surface area (Å²) in [6.07, 6.45) is 6.55. The van der Waals surface area contributed by atoms with Crippen LogP contribution in [0.15, 0.2) is 24.3 Å². The predicted molar refractivity (Wildman–Crippen MR) is 92.8 cm³/mol. The minimum Gasteiger partial charge on any atom is -0.384 e. The second kappa shape index (κ2) is 6.08. The number of benzene rings is 1. The smallest absolute Gasteiger partial charge is 0.175 e. The fourth-order valence-electron chi connectivity index (χ4n) is 3.72. The number of thiophene rings is 1. The number of fused-ring (bicyclic) bond motifs is 3. The van der Waals surface area contributed by atoms with Crippen molar-refractivity contribution in [1.82, 2.24) is 0 Å². The van der Waals surface area contributed by atoms with E-state index in [-0.39, 0.29) is 11.7 Å². The van der Waals surface area contributed by atoms with Crippen LogP contribution in [0, 0.1) is 11.7 Å². The molecule has 1 N–H and O–H groups in total. The van der Waals surface area contributed by atoms with Crippen LogP contribution in [0.4, 0.5) is 10.1 Å². The van der Waals surface area contributed by atoms with Crippen molar-refractivity contribution in [2.75, 3.05) is 11.9 Å². The third-order valence-corrected chi connectivity index (χ3v) is 6.19. The van der Waals surface area contributed by atoms with Gasteiger partial charge >= 0.3 is 0 Å². The van der Waals surface area contributed by atoms with Gasteiger partial charge in [-0.25, -0.2) is 4.39 Å². The van der Waals surface area contributed by atoms with Crippen LogP contribution in [0.1, 0.15) is 47.3 Å². The molecule has 1 aliphatic heterocycles. The molecule has 4 heteroatoms. The van der Waals surface area contributed by atoms with E-state index in [2.05, 4.69) is 11.4 Å². The molecule has 2 aromatic rings. The maximum Gasteiger partial charge on any atom is 0.175 e. The van der Waals surface area contributed by atoms with E-state index >= 15 is 0 Å². The van der Waals surface area contributed by atoms with Crippen LogP contribution in [0.3, 0.4) is 0 Å². The third kappa shape index (κ3) is 2.80. The van der Waals surface area contributed by atoms with Gasteiger partial charge < -0.3 is 5.32 Å². The highest BCUT2D eigenvalue weighted by Crippen LogP contribution is 2.41. The topological polar surface area (TPSA) is 29.1 Å². The summed E-state index contributed by atoms with van der Waals surface area (Å²) in [5.74, 6) is 0.297. The highest BCUT2D eigenvalue weighted by atomic mass is 32.1. The van der Waals surface area contributed by atoms with E-state index in [4.69, 9.17) is 0 Å². The molecule has 1 aromatic carbocycles. The summed E-state index contributed by atoms with van der Waals surface area (Å²) < 4.78 is 13.5. The Balaban J connectivity index is 1.71. The Morgan fingerprint density at radius 2 is 2.00 bits per heavy atom. The lowest BCUT2D eigenvalue weighted by atomic mass is 9.85. The zero-order valence-corrected chi connectivity index (χ0v) is 13.8. The Labute approximate surface area is 139 Å². The monoisotopic (exact) mass is 329 g/mol. The number of rotatable bonds is 2. The van der Waals surface area contributed by atoms with Crippen LogP contribution in [-0.4, -0.2) is 12.3 Å². The van der Waals surface area contributed by atoms with E-state index in [9.17, 15) is 9.18 Å². The molecule has 4 rings (SSSR count). The van der Waals surface area contributed by atoms with Gasteiger partial charge in [0.15, 0.2) is 5.78 Å². The van der Waals surface area contributed by atoms with Crippen molar-refractivity contribution < 1.29 is 9.18 Å². The average Bonchev–Trinajstić information content (AvgIpc) is 2.92. The standard InChI is InChI=1S/C19H20FNOS/c20-14-6-7-15-16(11-14)21-9-8-13-10-17(23-19(13)15)18(22)12-4-2-1-3-5-12/h6-7,10-12,21H,1-5,8-9H2. The molecular formula is C19H20FNOS. The number of ketones is 1. The Hall–Kier alpha value is -1.68. The molecule has 1 aromatic heterocycles. The number of hydrogen-bond acceptors (Lipinski definition) is 3. The van der Waals surface area contributed by atoms with Gasteiger partial charge in [-0.15, -0.1) is 11.3 Å². The first kappa shape index (κ1) is 14.9. The molecule has 0 atom stereocenters. The first-order valence-electron chi connectivity index (χ1n) is 8.43. The molecular weight excluding hydrogens is 309 g/mol. The maximum absolute atomic E-state index is 13.5. The summed E-state index contributed by atoms with van der Waals surface area (Å²) in [6, 6.07) is 6.95. The zero-order valence-electron chi connectivity index (χ0n) is 13.0. The molecule has 0 spiro atoms. The lowest BCUT2D eigenvalue weighted by molar-refractivity contribution is 0.0894. The minimum atomic E-state index is -0.227. The van der Waals surface area contributed by atoms with Crippen LogP contribution >= 0.6 is 11.3 Å². The number of Topliss-reactive ketones (excluding diaryl/α,β-unsaturated/α-hetero) is 1. The summed E-state index contributed by atoms with van der Waals surface area (Å²) in [7, 11) is 0. The minimum absolute atomic E-state index is 0.205. The molecule has 2 nitrogen and oxygen atoms in total. The number of halogens is 1. The first-order chi connectivity index (χ1) is 11.2. The van der Waals surface area contributed by atoms with Crippen LogP contribution in [-0.2, 0) is 6.42 Å². The molecule has 2 heterocycles. The van der Waals surface area contributed by atoms with Crippen molar-refractivity contribution >= 4 is 22.8 Å². The molecule has 0 bridgehead atoms. The molecule has 1 saturated carbocycles. The second-order valence-corrected chi connectivity index (χ2v) is 7.58. The van der Waals surface area contributed by atoms with E-state index in [1.807, 2.05) is 6.07 Å². The molecule has 1 aliphatic carbocycles. The maximum atomic E-state index is 13.5. The molecule has 0 radical (unpaired) electrons. The Bertz CT molecular complexity index is 746. The van der Waals surface area contributed by atoms with Crippen molar-refractivity contribution in [3.05, 3.63) is 40.5 Å². The zero-order chi connectivity index (χ0) is 15.8. The number of anilines is 1. The van der Waals surface area contributed by atoms with Gasteiger partial charge in [0.05, 0.1) is 4.88 Å². The first-order valence-corrected chi connectivity index (χ1v) is 9.25. The van der Waals surface area contributed by atoms with Crippen LogP contribution in [0.25, 0.3) is 10.4 Å². The van der Waals surface area contributed by atoms with Crippen LogP contribution in [0.5, 0.6) is 0 Å². The number of hydrogen-bond donors (Lipinski definition) is 1. The average molecular weight is 329 g/mol.